The molecule has 4 rings (SSSR count). The van der Waals surface area contributed by atoms with Gasteiger partial charge in [-0.2, -0.15) is 0 Å². The minimum atomic E-state index is -0.211. The van der Waals surface area contributed by atoms with Crippen molar-refractivity contribution in [1.82, 2.24) is 4.90 Å². The van der Waals surface area contributed by atoms with Gasteiger partial charge in [-0.3, -0.25) is 14.2 Å². The van der Waals surface area contributed by atoms with Crippen LogP contribution in [0, 0.1) is 0 Å². The maximum atomic E-state index is 11.4. The van der Waals surface area contributed by atoms with Gasteiger partial charge in [0.15, 0.2) is 0 Å². The number of benzene rings is 2. The molecule has 2 aliphatic rings. The SMILES string of the molecule is CC(=O)OC[N@@+]1(C)CCN([C@@H]2C[C@@H](c3ccccc3)c3ccc(Cl)cc32)CC1(C)C. The molecule has 0 radical (unpaired) electrons. The van der Waals surface area contributed by atoms with E-state index in [-0.39, 0.29) is 11.5 Å². The summed E-state index contributed by atoms with van der Waals surface area (Å²) in [5, 5.41) is 0.805. The second-order valence-corrected chi connectivity index (χ2v) is 10.1. The monoisotopic (exact) mass is 427 g/mol. The molecule has 2 aromatic carbocycles. The molecule has 0 spiro atoms. The van der Waals surface area contributed by atoms with Crippen LogP contribution in [-0.4, -0.2) is 54.3 Å². The van der Waals surface area contributed by atoms with Crippen LogP contribution >= 0.6 is 11.6 Å². The van der Waals surface area contributed by atoms with Gasteiger partial charge in [-0.25, -0.2) is 0 Å². The number of halogens is 1. The molecule has 1 heterocycles. The highest BCUT2D eigenvalue weighted by Gasteiger charge is 2.49. The lowest BCUT2D eigenvalue weighted by Crippen LogP contribution is -2.70. The number of fused-ring (bicyclic) bond motifs is 1. The average molecular weight is 428 g/mol. The van der Waals surface area contributed by atoms with Crippen molar-refractivity contribution in [2.24, 2.45) is 0 Å². The molecule has 30 heavy (non-hydrogen) atoms. The van der Waals surface area contributed by atoms with Gasteiger partial charge in [0, 0.05) is 30.5 Å². The molecule has 4 nitrogen and oxygen atoms in total. The Hall–Kier alpha value is -1.88. The molecule has 0 N–H and O–H groups in total. The van der Waals surface area contributed by atoms with Crippen LogP contribution in [0.1, 0.15) is 55.8 Å². The van der Waals surface area contributed by atoms with E-state index in [9.17, 15) is 4.79 Å². The van der Waals surface area contributed by atoms with Gasteiger partial charge in [-0.15, -0.1) is 0 Å². The van der Waals surface area contributed by atoms with Gasteiger partial charge in [0.2, 0.25) is 6.73 Å². The normalized spacial score (nSPS) is 28.2. The van der Waals surface area contributed by atoms with Crippen LogP contribution in [0.25, 0.3) is 0 Å². The number of rotatable bonds is 4. The fourth-order valence-electron chi connectivity index (χ4n) is 5.11. The molecular weight excluding hydrogens is 396 g/mol. The van der Waals surface area contributed by atoms with Crippen molar-refractivity contribution in [1.29, 1.82) is 0 Å². The Morgan fingerprint density at radius 2 is 1.93 bits per heavy atom. The van der Waals surface area contributed by atoms with Crippen LogP contribution in [0.3, 0.4) is 0 Å². The highest BCUT2D eigenvalue weighted by molar-refractivity contribution is 6.30. The molecule has 0 unspecified atom stereocenters. The predicted molar refractivity (Wildman–Crippen MR) is 120 cm³/mol. The minimum Gasteiger partial charge on any atom is -0.415 e. The Balaban J connectivity index is 1.61. The number of esters is 1. The number of ether oxygens (including phenoxy) is 1. The van der Waals surface area contributed by atoms with Gasteiger partial charge >= 0.3 is 5.97 Å². The summed E-state index contributed by atoms with van der Waals surface area (Å²) in [6, 6.07) is 17.5. The van der Waals surface area contributed by atoms with Crippen molar-refractivity contribution in [3.8, 4) is 0 Å². The van der Waals surface area contributed by atoms with Crippen LogP contribution in [0.5, 0.6) is 0 Å². The fraction of sp³-hybridized carbons (Fsp3) is 0.480. The molecule has 3 atom stereocenters. The second kappa shape index (κ2) is 7.99. The predicted octanol–water partition coefficient (Wildman–Crippen LogP) is 4.98. The van der Waals surface area contributed by atoms with Crippen molar-refractivity contribution < 1.29 is 14.0 Å². The lowest BCUT2D eigenvalue weighted by atomic mass is 9.92. The van der Waals surface area contributed by atoms with E-state index in [1.165, 1.54) is 23.6 Å². The highest BCUT2D eigenvalue weighted by atomic mass is 35.5. The molecule has 0 aromatic heterocycles. The van der Waals surface area contributed by atoms with Gasteiger partial charge in [0.25, 0.3) is 0 Å². The van der Waals surface area contributed by atoms with Crippen molar-refractivity contribution in [3.05, 3.63) is 70.2 Å². The molecule has 0 saturated carbocycles. The Bertz CT molecular complexity index is 930. The number of carbonyl (C=O) groups excluding carboxylic acids is 1. The number of hydrogen-bond acceptors (Lipinski definition) is 3. The Labute approximate surface area is 185 Å². The molecular formula is C25H32ClN2O2+. The summed E-state index contributed by atoms with van der Waals surface area (Å²) < 4.78 is 6.16. The van der Waals surface area contributed by atoms with Crippen LogP contribution < -0.4 is 0 Å². The maximum Gasteiger partial charge on any atom is 0.306 e. The minimum absolute atomic E-state index is 0.0305. The van der Waals surface area contributed by atoms with E-state index in [4.69, 9.17) is 16.3 Å². The van der Waals surface area contributed by atoms with Gasteiger partial charge in [0.05, 0.1) is 20.1 Å². The van der Waals surface area contributed by atoms with Crippen molar-refractivity contribution in [2.45, 2.75) is 44.7 Å². The van der Waals surface area contributed by atoms with Gasteiger partial charge in [-0.1, -0.05) is 48.0 Å². The molecule has 2 aromatic rings. The number of carbonyl (C=O) groups is 1. The first-order valence-electron chi connectivity index (χ1n) is 10.8. The first-order chi connectivity index (χ1) is 14.2. The molecule has 1 fully saturated rings. The first-order valence-corrected chi connectivity index (χ1v) is 11.1. The molecule has 1 aliphatic carbocycles. The summed E-state index contributed by atoms with van der Waals surface area (Å²) >= 11 is 6.42. The lowest BCUT2D eigenvalue weighted by Gasteiger charge is -2.53. The standard InChI is InChI=1S/C25H32ClN2O2/c1-18(29)30-17-28(4)13-12-27(16-25(28,2)3)24-15-22(19-8-6-5-7-9-19)21-11-10-20(26)14-23(21)24/h5-11,14,22,24H,12-13,15-17H2,1-4H3/q+1/t22-,24+,28+/m0/s1. The second-order valence-electron chi connectivity index (χ2n) is 9.66. The number of quaternary nitrogens is 1. The van der Waals surface area contributed by atoms with Gasteiger partial charge in [0.1, 0.15) is 5.54 Å². The molecule has 1 aliphatic heterocycles. The maximum absolute atomic E-state index is 11.4. The van der Waals surface area contributed by atoms with E-state index < -0.39 is 0 Å². The summed E-state index contributed by atoms with van der Waals surface area (Å²) in [6.07, 6.45) is 1.07. The zero-order valence-corrected chi connectivity index (χ0v) is 19.2. The summed E-state index contributed by atoms with van der Waals surface area (Å²) in [5.74, 6) is 0.188. The Kier molecular flexibility index (Phi) is 5.69. The highest BCUT2D eigenvalue weighted by Crippen LogP contribution is 2.48. The number of piperazine rings is 1. The number of hydrogen-bond donors (Lipinski definition) is 0. The smallest absolute Gasteiger partial charge is 0.306 e. The van der Waals surface area contributed by atoms with Crippen LogP contribution in [-0.2, 0) is 9.53 Å². The van der Waals surface area contributed by atoms with Crippen LogP contribution in [0.4, 0.5) is 0 Å². The summed E-state index contributed by atoms with van der Waals surface area (Å²) in [5.41, 5.74) is 4.10. The van der Waals surface area contributed by atoms with Crippen molar-refractivity contribution in [3.63, 3.8) is 0 Å². The van der Waals surface area contributed by atoms with E-state index in [0.717, 1.165) is 35.6 Å². The van der Waals surface area contributed by atoms with E-state index >= 15 is 0 Å². The zero-order chi connectivity index (χ0) is 21.5. The molecule has 0 bridgehead atoms. The molecule has 160 valence electrons. The van der Waals surface area contributed by atoms with E-state index in [1.54, 1.807) is 0 Å². The first kappa shape index (κ1) is 21.4. The number of nitrogens with zero attached hydrogens (tertiary/aromatic N) is 2. The van der Waals surface area contributed by atoms with Crippen molar-refractivity contribution in [2.75, 3.05) is 33.4 Å². The van der Waals surface area contributed by atoms with Crippen LogP contribution in [0.2, 0.25) is 5.02 Å². The third kappa shape index (κ3) is 3.89. The number of likely N-dealkylation sites (N-methyl/N-ethyl adjacent to an activating group) is 1. The molecule has 5 heteroatoms. The van der Waals surface area contributed by atoms with Gasteiger partial charge < -0.3 is 4.74 Å². The fourth-order valence-corrected chi connectivity index (χ4v) is 5.29. The van der Waals surface area contributed by atoms with Gasteiger partial charge in [-0.05, 0) is 49.1 Å². The summed E-state index contributed by atoms with van der Waals surface area (Å²) in [6.45, 7) is 9.34. The Morgan fingerprint density at radius 3 is 2.60 bits per heavy atom. The topological polar surface area (TPSA) is 29.5 Å². The van der Waals surface area contributed by atoms with E-state index in [1.807, 2.05) is 6.07 Å². The summed E-state index contributed by atoms with van der Waals surface area (Å²) in [4.78, 5) is 14.0. The largest absolute Gasteiger partial charge is 0.415 e. The van der Waals surface area contributed by atoms with E-state index in [2.05, 4.69) is 68.3 Å². The molecule has 0 amide bonds. The zero-order valence-electron chi connectivity index (χ0n) is 18.4. The third-order valence-corrected chi connectivity index (χ3v) is 7.60. The van der Waals surface area contributed by atoms with Crippen LogP contribution in [0.15, 0.2) is 48.5 Å². The van der Waals surface area contributed by atoms with E-state index in [0.29, 0.717) is 18.7 Å². The third-order valence-electron chi connectivity index (χ3n) is 7.37. The molecule has 1 saturated heterocycles. The van der Waals surface area contributed by atoms with Crippen molar-refractivity contribution >= 4 is 17.6 Å². The Morgan fingerprint density at radius 1 is 1.20 bits per heavy atom. The summed E-state index contributed by atoms with van der Waals surface area (Å²) in [7, 11) is 2.20. The lowest BCUT2D eigenvalue weighted by molar-refractivity contribution is -0.974. The average Bonchev–Trinajstić information content (AvgIpc) is 3.08. The quantitative estimate of drug-likeness (QED) is 0.509.